The van der Waals surface area contributed by atoms with Gasteiger partial charge in [-0.25, -0.2) is 4.98 Å². The van der Waals surface area contributed by atoms with E-state index in [0.29, 0.717) is 19.5 Å². The summed E-state index contributed by atoms with van der Waals surface area (Å²) in [5, 5.41) is 2.74. The summed E-state index contributed by atoms with van der Waals surface area (Å²) in [5.41, 5.74) is 3.13. The average Bonchev–Trinajstić information content (AvgIpc) is 3.26. The number of benzene rings is 2. The molecule has 5 nitrogen and oxygen atoms in total. The quantitative estimate of drug-likeness (QED) is 0.452. The summed E-state index contributed by atoms with van der Waals surface area (Å²) in [5.74, 6) is 1.84. The molecule has 0 saturated carbocycles. The van der Waals surface area contributed by atoms with E-state index in [4.69, 9.17) is 16.3 Å². The monoisotopic (exact) mass is 473 g/mol. The van der Waals surface area contributed by atoms with Crippen LogP contribution in [-0.2, 0) is 17.0 Å². The summed E-state index contributed by atoms with van der Waals surface area (Å²) < 4.78 is 6.46. The van der Waals surface area contributed by atoms with Gasteiger partial charge in [-0.2, -0.15) is 0 Å². The maximum absolute atomic E-state index is 12.8. The van der Waals surface area contributed by atoms with Gasteiger partial charge >= 0.3 is 0 Å². The number of halogens is 1. The van der Waals surface area contributed by atoms with Crippen LogP contribution >= 0.6 is 34.7 Å². The lowest BCUT2D eigenvalue weighted by Gasteiger charge is -2.36. The summed E-state index contributed by atoms with van der Waals surface area (Å²) in [6.45, 7) is 3.01. The minimum atomic E-state index is 0.138. The number of ether oxygens (including phenoxy) is 1. The molecule has 3 aromatic rings. The molecule has 8 heteroatoms. The van der Waals surface area contributed by atoms with E-state index in [1.807, 2.05) is 52.7 Å². The van der Waals surface area contributed by atoms with Crippen LogP contribution in [0.25, 0.3) is 0 Å². The first-order valence-electron chi connectivity index (χ1n) is 10.1. The second-order valence-electron chi connectivity index (χ2n) is 7.24. The van der Waals surface area contributed by atoms with Crippen molar-refractivity contribution in [3.05, 3.63) is 70.2 Å². The highest BCUT2D eigenvalue weighted by Crippen LogP contribution is 2.29. The Bertz CT molecular complexity index is 1020. The SMILES string of the molecule is COc1ccccc1N1CCN(C(=O)Cc2csc(SCc3ccc(Cl)cc3)n2)CC1. The Kier molecular flexibility index (Phi) is 7.37. The van der Waals surface area contributed by atoms with Gasteiger partial charge < -0.3 is 14.5 Å². The molecule has 1 amide bonds. The lowest BCUT2D eigenvalue weighted by Crippen LogP contribution is -2.49. The molecule has 0 N–H and O–H groups in total. The van der Waals surface area contributed by atoms with Crippen molar-refractivity contribution >= 4 is 46.3 Å². The molecule has 162 valence electrons. The van der Waals surface area contributed by atoms with Gasteiger partial charge in [0.25, 0.3) is 0 Å². The predicted octanol–water partition coefficient (Wildman–Crippen LogP) is 4.99. The largest absolute Gasteiger partial charge is 0.495 e. The molecule has 1 aliphatic rings. The Morgan fingerprint density at radius 1 is 1.13 bits per heavy atom. The number of anilines is 1. The molecule has 1 saturated heterocycles. The van der Waals surface area contributed by atoms with Crippen LogP contribution in [0.1, 0.15) is 11.3 Å². The standard InChI is InChI=1S/C23H24ClN3O2S2/c1-29-21-5-3-2-4-20(21)26-10-12-27(13-11-26)22(28)14-19-16-31-23(25-19)30-15-17-6-8-18(24)9-7-17/h2-9,16H,10-15H2,1H3. The maximum atomic E-state index is 12.8. The number of carbonyl (C=O) groups is 1. The summed E-state index contributed by atoms with van der Waals surface area (Å²) in [6.07, 6.45) is 0.354. The zero-order valence-electron chi connectivity index (χ0n) is 17.3. The molecule has 1 aromatic heterocycles. The van der Waals surface area contributed by atoms with Crippen LogP contribution in [0.2, 0.25) is 5.02 Å². The minimum absolute atomic E-state index is 0.138. The molecule has 4 rings (SSSR count). The summed E-state index contributed by atoms with van der Waals surface area (Å²) in [6, 6.07) is 15.9. The molecule has 2 heterocycles. The van der Waals surface area contributed by atoms with Crippen LogP contribution in [0.5, 0.6) is 5.75 Å². The van der Waals surface area contributed by atoms with Gasteiger partial charge in [0.2, 0.25) is 5.91 Å². The molecule has 1 aliphatic heterocycles. The third-order valence-electron chi connectivity index (χ3n) is 5.20. The molecule has 0 aliphatic carbocycles. The first-order chi connectivity index (χ1) is 15.1. The van der Waals surface area contributed by atoms with Crippen molar-refractivity contribution in [3.8, 4) is 5.75 Å². The van der Waals surface area contributed by atoms with Crippen LogP contribution in [0.3, 0.4) is 0 Å². The fourth-order valence-corrected chi connectivity index (χ4v) is 5.44. The lowest BCUT2D eigenvalue weighted by atomic mass is 10.2. The lowest BCUT2D eigenvalue weighted by molar-refractivity contribution is -0.130. The van der Waals surface area contributed by atoms with E-state index in [2.05, 4.69) is 16.0 Å². The van der Waals surface area contributed by atoms with Gasteiger partial charge in [0, 0.05) is 42.3 Å². The average molecular weight is 474 g/mol. The van der Waals surface area contributed by atoms with Crippen molar-refractivity contribution in [2.24, 2.45) is 0 Å². The highest BCUT2D eigenvalue weighted by molar-refractivity contribution is 8.00. The second-order valence-corrected chi connectivity index (χ2v) is 9.75. The molecule has 0 spiro atoms. The molecule has 31 heavy (non-hydrogen) atoms. The molecular formula is C23H24ClN3O2S2. The number of thioether (sulfide) groups is 1. The summed E-state index contributed by atoms with van der Waals surface area (Å²) >= 11 is 9.22. The van der Waals surface area contributed by atoms with Crippen LogP contribution in [0, 0.1) is 0 Å². The normalized spacial score (nSPS) is 14.0. The Morgan fingerprint density at radius 2 is 1.87 bits per heavy atom. The van der Waals surface area contributed by atoms with Crippen LogP contribution < -0.4 is 9.64 Å². The Balaban J connectivity index is 1.27. The van der Waals surface area contributed by atoms with E-state index in [1.54, 1.807) is 30.2 Å². The number of aromatic nitrogens is 1. The number of methoxy groups -OCH3 is 1. The van der Waals surface area contributed by atoms with Gasteiger partial charge in [0.15, 0.2) is 0 Å². The zero-order valence-corrected chi connectivity index (χ0v) is 19.7. The third-order valence-corrected chi connectivity index (χ3v) is 7.59. The van der Waals surface area contributed by atoms with E-state index in [0.717, 1.165) is 45.3 Å². The molecule has 0 unspecified atom stereocenters. The number of nitrogens with zero attached hydrogens (tertiary/aromatic N) is 3. The molecule has 0 bridgehead atoms. The van der Waals surface area contributed by atoms with Gasteiger partial charge in [0.05, 0.1) is 24.9 Å². The van der Waals surface area contributed by atoms with Gasteiger partial charge in [-0.3, -0.25) is 4.79 Å². The van der Waals surface area contributed by atoms with E-state index in [9.17, 15) is 4.79 Å². The van der Waals surface area contributed by atoms with Gasteiger partial charge in [-0.1, -0.05) is 47.6 Å². The van der Waals surface area contributed by atoms with E-state index < -0.39 is 0 Å². The number of amides is 1. The van der Waals surface area contributed by atoms with Gasteiger partial charge in [-0.15, -0.1) is 11.3 Å². The van der Waals surface area contributed by atoms with Crippen LogP contribution in [0.15, 0.2) is 58.3 Å². The molecule has 0 radical (unpaired) electrons. The third kappa shape index (κ3) is 5.73. The number of carbonyl (C=O) groups excluding carboxylic acids is 1. The number of para-hydroxylation sites is 2. The number of thiazole rings is 1. The van der Waals surface area contributed by atoms with Crippen molar-refractivity contribution in [1.82, 2.24) is 9.88 Å². The highest BCUT2D eigenvalue weighted by Gasteiger charge is 2.23. The fraction of sp³-hybridized carbons (Fsp3) is 0.304. The number of piperazine rings is 1. The van der Waals surface area contributed by atoms with E-state index in [1.165, 1.54) is 5.56 Å². The summed E-state index contributed by atoms with van der Waals surface area (Å²) in [4.78, 5) is 21.6. The van der Waals surface area contributed by atoms with Gasteiger partial charge in [0.1, 0.15) is 10.1 Å². The zero-order chi connectivity index (χ0) is 21.6. The molecular weight excluding hydrogens is 450 g/mol. The summed E-state index contributed by atoms with van der Waals surface area (Å²) in [7, 11) is 1.69. The van der Waals surface area contributed by atoms with Crippen LogP contribution in [0.4, 0.5) is 5.69 Å². The van der Waals surface area contributed by atoms with Crippen molar-refractivity contribution < 1.29 is 9.53 Å². The number of hydrogen-bond acceptors (Lipinski definition) is 6. The Morgan fingerprint density at radius 3 is 2.61 bits per heavy atom. The minimum Gasteiger partial charge on any atom is -0.495 e. The van der Waals surface area contributed by atoms with Crippen molar-refractivity contribution in [2.45, 2.75) is 16.5 Å². The fourth-order valence-electron chi connectivity index (χ4n) is 3.52. The number of hydrogen-bond donors (Lipinski definition) is 0. The van der Waals surface area contributed by atoms with Crippen LogP contribution in [-0.4, -0.2) is 49.1 Å². The smallest absolute Gasteiger partial charge is 0.228 e. The molecule has 0 atom stereocenters. The topological polar surface area (TPSA) is 45.7 Å². The first-order valence-corrected chi connectivity index (χ1v) is 12.3. The molecule has 2 aromatic carbocycles. The highest BCUT2D eigenvalue weighted by atomic mass is 35.5. The van der Waals surface area contributed by atoms with Gasteiger partial charge in [-0.05, 0) is 29.8 Å². The number of rotatable bonds is 7. The van der Waals surface area contributed by atoms with Crippen molar-refractivity contribution in [1.29, 1.82) is 0 Å². The Labute approximate surface area is 196 Å². The van der Waals surface area contributed by atoms with Crippen molar-refractivity contribution in [2.75, 3.05) is 38.2 Å². The first kappa shape index (κ1) is 22.0. The van der Waals surface area contributed by atoms with Crippen molar-refractivity contribution in [3.63, 3.8) is 0 Å². The van der Waals surface area contributed by atoms with E-state index in [-0.39, 0.29) is 5.91 Å². The maximum Gasteiger partial charge on any atom is 0.228 e. The second kappa shape index (κ2) is 10.4. The predicted molar refractivity (Wildman–Crippen MR) is 129 cm³/mol. The molecule has 1 fully saturated rings. The Hall–Kier alpha value is -2.22. The van der Waals surface area contributed by atoms with E-state index >= 15 is 0 Å².